The molecule has 1 fully saturated rings. The highest BCUT2D eigenvalue weighted by Crippen LogP contribution is 2.32. The molecule has 2 aromatic rings. The number of nitrogens with zero attached hydrogens (tertiary/aromatic N) is 4. The topological polar surface area (TPSA) is 124 Å². The van der Waals surface area contributed by atoms with Gasteiger partial charge < -0.3 is 19.7 Å². The number of ether oxygens (including phenoxy) is 2. The lowest BCUT2D eigenvalue weighted by molar-refractivity contribution is -0.0580. The molecule has 23 heavy (non-hydrogen) atoms. The third-order valence-corrected chi connectivity index (χ3v) is 3.70. The predicted molar refractivity (Wildman–Crippen MR) is 78.8 cm³/mol. The van der Waals surface area contributed by atoms with Crippen molar-refractivity contribution in [3.05, 3.63) is 11.6 Å². The van der Waals surface area contributed by atoms with Gasteiger partial charge >= 0.3 is 0 Å². The first kappa shape index (κ1) is 16.3. The number of hydrogen-bond donors (Lipinski definition) is 3. The van der Waals surface area contributed by atoms with Crippen molar-refractivity contribution in [2.75, 3.05) is 26.3 Å². The number of halogens is 1. The standard InChI is InChI=1S/C12H16ClN5O5/c1-21-3-5-7(19)8(20)11(23-5)18-4-14-6-9(17-22-2)15-12(13)16-10(6)18/h4-5,7-8,11,19-20H,3H2,1-2H3,(H,15,16,17)/t5-,7-,8-,11-/m1/s1. The van der Waals surface area contributed by atoms with E-state index in [9.17, 15) is 10.2 Å². The van der Waals surface area contributed by atoms with Gasteiger partial charge in [0.1, 0.15) is 18.3 Å². The average molecular weight is 346 g/mol. The molecule has 3 heterocycles. The molecule has 0 saturated carbocycles. The van der Waals surface area contributed by atoms with Crippen molar-refractivity contribution < 1.29 is 24.5 Å². The molecule has 3 rings (SSSR count). The first-order chi connectivity index (χ1) is 11.1. The van der Waals surface area contributed by atoms with Crippen LogP contribution in [0.5, 0.6) is 0 Å². The Morgan fingerprint density at radius 3 is 2.83 bits per heavy atom. The second-order valence-corrected chi connectivity index (χ2v) is 5.31. The summed E-state index contributed by atoms with van der Waals surface area (Å²) in [5, 5.41) is 20.2. The minimum atomic E-state index is -1.17. The fourth-order valence-electron chi connectivity index (χ4n) is 2.50. The lowest BCUT2D eigenvalue weighted by atomic mass is 10.1. The van der Waals surface area contributed by atoms with E-state index in [1.54, 1.807) is 0 Å². The molecule has 0 bridgehead atoms. The monoisotopic (exact) mass is 345 g/mol. The average Bonchev–Trinajstić information content (AvgIpc) is 3.04. The number of imidazole rings is 1. The van der Waals surface area contributed by atoms with Gasteiger partial charge in [-0.3, -0.25) is 9.40 Å². The fraction of sp³-hybridized carbons (Fsp3) is 0.583. The first-order valence-electron chi connectivity index (χ1n) is 6.76. The minimum Gasteiger partial charge on any atom is -0.387 e. The molecule has 3 N–H and O–H groups in total. The third kappa shape index (κ3) is 2.84. The van der Waals surface area contributed by atoms with Crippen LogP contribution in [0.25, 0.3) is 11.2 Å². The second-order valence-electron chi connectivity index (χ2n) is 4.97. The zero-order valence-electron chi connectivity index (χ0n) is 12.4. The van der Waals surface area contributed by atoms with Gasteiger partial charge in [-0.05, 0) is 11.6 Å². The zero-order chi connectivity index (χ0) is 16.6. The predicted octanol–water partition coefficient (Wildman–Crippen LogP) is -0.281. The highest BCUT2D eigenvalue weighted by molar-refractivity contribution is 6.28. The molecule has 1 saturated heterocycles. The Bertz CT molecular complexity index is 698. The summed E-state index contributed by atoms with van der Waals surface area (Å²) in [6.45, 7) is 0.146. The van der Waals surface area contributed by atoms with E-state index < -0.39 is 24.5 Å². The summed E-state index contributed by atoms with van der Waals surface area (Å²) >= 11 is 5.91. The molecule has 0 amide bonds. The van der Waals surface area contributed by atoms with E-state index in [0.29, 0.717) is 11.2 Å². The number of fused-ring (bicyclic) bond motifs is 1. The van der Waals surface area contributed by atoms with Gasteiger partial charge in [-0.15, -0.1) is 0 Å². The lowest BCUT2D eigenvalue weighted by Crippen LogP contribution is -2.33. The van der Waals surface area contributed by atoms with Gasteiger partial charge in [0, 0.05) is 7.11 Å². The van der Waals surface area contributed by atoms with E-state index in [4.69, 9.17) is 25.9 Å². The SMILES string of the molecule is COC[C@H]1O[C@@H](n2cnc3c(NOC)nc(Cl)nc32)[C@H](O)[C@@H]1O. The number of nitrogens with one attached hydrogen (secondary N) is 1. The van der Waals surface area contributed by atoms with Crippen molar-refractivity contribution in [3.8, 4) is 0 Å². The van der Waals surface area contributed by atoms with E-state index in [1.807, 2.05) is 0 Å². The number of aromatic nitrogens is 4. The van der Waals surface area contributed by atoms with Crippen LogP contribution in [-0.4, -0.2) is 68.9 Å². The molecule has 10 nitrogen and oxygen atoms in total. The van der Waals surface area contributed by atoms with Crippen molar-refractivity contribution in [1.82, 2.24) is 19.5 Å². The van der Waals surface area contributed by atoms with Crippen LogP contribution >= 0.6 is 11.6 Å². The van der Waals surface area contributed by atoms with Gasteiger partial charge in [-0.1, -0.05) is 0 Å². The molecular formula is C12H16ClN5O5. The maximum absolute atomic E-state index is 10.2. The summed E-state index contributed by atoms with van der Waals surface area (Å²) in [4.78, 5) is 17.1. The van der Waals surface area contributed by atoms with E-state index in [2.05, 4.69) is 20.4 Å². The molecule has 0 radical (unpaired) electrons. The fourth-order valence-corrected chi connectivity index (χ4v) is 2.67. The molecular weight excluding hydrogens is 330 g/mol. The van der Waals surface area contributed by atoms with Crippen LogP contribution in [-0.2, 0) is 14.3 Å². The highest BCUT2D eigenvalue weighted by atomic mass is 35.5. The van der Waals surface area contributed by atoms with E-state index >= 15 is 0 Å². The van der Waals surface area contributed by atoms with Crippen molar-refractivity contribution in [2.24, 2.45) is 0 Å². The molecule has 126 valence electrons. The van der Waals surface area contributed by atoms with Crippen LogP contribution < -0.4 is 5.48 Å². The molecule has 1 aliphatic heterocycles. The number of aliphatic hydroxyl groups is 2. The van der Waals surface area contributed by atoms with Crippen molar-refractivity contribution in [2.45, 2.75) is 24.5 Å². The number of aliphatic hydroxyl groups excluding tert-OH is 2. The van der Waals surface area contributed by atoms with Gasteiger partial charge in [0.2, 0.25) is 5.28 Å². The largest absolute Gasteiger partial charge is 0.387 e. The van der Waals surface area contributed by atoms with Crippen LogP contribution in [0.3, 0.4) is 0 Å². The van der Waals surface area contributed by atoms with E-state index in [-0.39, 0.29) is 17.7 Å². The lowest BCUT2D eigenvalue weighted by Gasteiger charge is -2.16. The number of hydrogen-bond acceptors (Lipinski definition) is 9. The van der Waals surface area contributed by atoms with Crippen LogP contribution in [0.4, 0.5) is 5.82 Å². The van der Waals surface area contributed by atoms with E-state index in [0.717, 1.165) is 0 Å². The maximum Gasteiger partial charge on any atom is 0.226 e. The summed E-state index contributed by atoms with van der Waals surface area (Å²) in [5.74, 6) is 0.280. The molecule has 0 spiro atoms. The van der Waals surface area contributed by atoms with Crippen molar-refractivity contribution in [3.63, 3.8) is 0 Å². The van der Waals surface area contributed by atoms with Crippen LogP contribution in [0.1, 0.15) is 6.23 Å². The summed E-state index contributed by atoms with van der Waals surface area (Å²) in [5.41, 5.74) is 3.28. The van der Waals surface area contributed by atoms with Crippen LogP contribution in [0, 0.1) is 0 Å². The number of rotatable bonds is 5. The van der Waals surface area contributed by atoms with Gasteiger partial charge in [0.05, 0.1) is 20.0 Å². The quantitative estimate of drug-likeness (QED) is 0.495. The number of anilines is 1. The van der Waals surface area contributed by atoms with Crippen LogP contribution in [0.15, 0.2) is 6.33 Å². The maximum atomic E-state index is 10.2. The minimum absolute atomic E-state index is 0.0275. The second kappa shape index (κ2) is 6.51. The summed E-state index contributed by atoms with van der Waals surface area (Å²) in [6.07, 6.45) is -2.37. The Morgan fingerprint density at radius 2 is 2.13 bits per heavy atom. The highest BCUT2D eigenvalue weighted by Gasteiger charge is 2.44. The van der Waals surface area contributed by atoms with Crippen molar-refractivity contribution >= 4 is 28.6 Å². The Morgan fingerprint density at radius 1 is 1.35 bits per heavy atom. The zero-order valence-corrected chi connectivity index (χ0v) is 13.1. The molecule has 0 aromatic carbocycles. The molecule has 11 heteroatoms. The van der Waals surface area contributed by atoms with E-state index in [1.165, 1.54) is 25.1 Å². The van der Waals surface area contributed by atoms with Crippen molar-refractivity contribution in [1.29, 1.82) is 0 Å². The Labute approximate surface area is 135 Å². The normalized spacial score (nSPS) is 27.7. The van der Waals surface area contributed by atoms with Crippen LogP contribution in [0.2, 0.25) is 5.28 Å². The summed E-state index contributed by atoms with van der Waals surface area (Å²) in [7, 11) is 2.91. The molecule has 4 atom stereocenters. The molecule has 1 aliphatic rings. The summed E-state index contributed by atoms with van der Waals surface area (Å²) < 4.78 is 12.1. The summed E-state index contributed by atoms with van der Waals surface area (Å²) in [6, 6.07) is 0. The van der Waals surface area contributed by atoms with Gasteiger partial charge in [-0.25, -0.2) is 10.5 Å². The van der Waals surface area contributed by atoms with Gasteiger partial charge in [0.25, 0.3) is 0 Å². The Hall–Kier alpha value is -1.56. The van der Waals surface area contributed by atoms with Gasteiger partial charge in [0.15, 0.2) is 23.2 Å². The van der Waals surface area contributed by atoms with Gasteiger partial charge in [-0.2, -0.15) is 9.97 Å². The number of methoxy groups -OCH3 is 1. The smallest absolute Gasteiger partial charge is 0.226 e. The Kier molecular flexibility index (Phi) is 4.62. The Balaban J connectivity index is 2.00. The molecule has 0 aliphatic carbocycles. The third-order valence-electron chi connectivity index (χ3n) is 3.54. The molecule has 2 aromatic heterocycles. The first-order valence-corrected chi connectivity index (χ1v) is 7.14. The molecule has 0 unspecified atom stereocenters.